The van der Waals surface area contributed by atoms with Gasteiger partial charge in [-0.1, -0.05) is 90.6 Å². The van der Waals surface area contributed by atoms with E-state index < -0.39 is 6.29 Å². The summed E-state index contributed by atoms with van der Waals surface area (Å²) < 4.78 is 13.0. The van der Waals surface area contributed by atoms with Gasteiger partial charge in [-0.2, -0.15) is 5.10 Å². The van der Waals surface area contributed by atoms with E-state index in [2.05, 4.69) is 48.7 Å². The maximum absolute atomic E-state index is 12.8. The van der Waals surface area contributed by atoms with Crippen LogP contribution in [0.4, 0.5) is 0 Å². The van der Waals surface area contributed by atoms with E-state index in [-0.39, 0.29) is 30.4 Å². The van der Waals surface area contributed by atoms with Crippen molar-refractivity contribution >= 4 is 28.7 Å². The molecule has 3 N–H and O–H groups in total. The minimum Gasteiger partial charge on any atom is -0.392 e. The second kappa shape index (κ2) is 14.2. The highest BCUT2D eigenvalue weighted by Crippen LogP contribution is 2.39. The second-order valence-electron chi connectivity index (χ2n) is 11.2. The fourth-order valence-electron chi connectivity index (χ4n) is 5.49. The Kier molecular flexibility index (Phi) is 9.29. The summed E-state index contributed by atoms with van der Waals surface area (Å²) in [5, 5.41) is 20.0. The molecule has 0 radical (unpaired) electrons. The fourth-order valence-corrected chi connectivity index (χ4v) is 6.29. The highest BCUT2D eigenvalue weighted by Gasteiger charge is 2.32. The molecule has 0 aliphatic carbocycles. The number of aliphatic hydroxyl groups is 1. The van der Waals surface area contributed by atoms with Gasteiger partial charge < -0.3 is 19.9 Å². The minimum atomic E-state index is -0.555. The quantitative estimate of drug-likeness (QED) is 0.150. The van der Waals surface area contributed by atoms with E-state index in [1.165, 1.54) is 12.5 Å². The van der Waals surface area contributed by atoms with E-state index in [9.17, 15) is 9.90 Å². The van der Waals surface area contributed by atoms with Gasteiger partial charge >= 0.3 is 0 Å². The average Bonchev–Trinajstić information content (AvgIpc) is 3.67. The molecular formula is C36H32N6O4S. The van der Waals surface area contributed by atoms with Crippen LogP contribution in [0.3, 0.4) is 0 Å². The molecule has 0 bridgehead atoms. The Hall–Kier alpha value is -4.94. The molecule has 1 fully saturated rings. The number of carbonyl (C=O) groups excluding carboxylic acids is 1. The number of rotatable bonds is 10. The number of para-hydroxylation sites is 2. The lowest BCUT2D eigenvalue weighted by Crippen LogP contribution is -2.31. The van der Waals surface area contributed by atoms with Crippen LogP contribution in [0.25, 0.3) is 22.2 Å². The molecule has 236 valence electrons. The first-order valence-electron chi connectivity index (χ1n) is 15.3. The van der Waals surface area contributed by atoms with Crippen LogP contribution in [0.1, 0.15) is 51.6 Å². The van der Waals surface area contributed by atoms with Crippen LogP contribution in [0.2, 0.25) is 0 Å². The number of nitrogens with zero attached hydrogens (tertiary/aromatic N) is 4. The van der Waals surface area contributed by atoms with Crippen molar-refractivity contribution in [1.29, 1.82) is 0 Å². The number of thioether (sulfide) groups is 1. The second-order valence-corrected chi connectivity index (χ2v) is 12.2. The molecule has 3 atom stereocenters. The molecule has 11 heteroatoms. The van der Waals surface area contributed by atoms with Crippen LogP contribution in [0, 0.1) is 0 Å². The standard InChI is InChI=1S/C36H32N6O4S/c43-20-23-8-10-26(11-9-23)33-17-29(21-47-36-39-22-40-42-36)45-35(46-33)27-14-12-25(13-15-27)28-5-3-4-24(16-28)18-38-34(44)32-19-37-30-6-1-2-7-31(30)41-32/h1-16,19,22,29,33,35,43H,17-18,20-21H2,(H,38,44)(H,39,40,42). The highest BCUT2D eigenvalue weighted by molar-refractivity contribution is 7.99. The number of benzene rings is 4. The minimum absolute atomic E-state index is 0.00159. The summed E-state index contributed by atoms with van der Waals surface area (Å²) in [5.41, 5.74) is 7.56. The molecule has 3 heterocycles. The van der Waals surface area contributed by atoms with Crippen molar-refractivity contribution < 1.29 is 19.4 Å². The zero-order valence-electron chi connectivity index (χ0n) is 25.3. The largest absolute Gasteiger partial charge is 0.392 e. The molecule has 1 saturated heterocycles. The Morgan fingerprint density at radius 2 is 1.68 bits per heavy atom. The number of carbonyl (C=O) groups is 1. The summed E-state index contributed by atoms with van der Waals surface area (Å²) in [7, 11) is 0. The Morgan fingerprint density at radius 3 is 2.47 bits per heavy atom. The Bertz CT molecular complexity index is 1950. The van der Waals surface area contributed by atoms with E-state index in [0.717, 1.165) is 44.1 Å². The normalized spacial score (nSPS) is 17.9. The van der Waals surface area contributed by atoms with Crippen LogP contribution >= 0.6 is 11.8 Å². The van der Waals surface area contributed by atoms with Crippen molar-refractivity contribution in [2.24, 2.45) is 0 Å². The number of fused-ring (bicyclic) bond motifs is 1. The van der Waals surface area contributed by atoms with Gasteiger partial charge in [0, 0.05) is 24.3 Å². The lowest BCUT2D eigenvalue weighted by atomic mass is 9.99. The predicted octanol–water partition coefficient (Wildman–Crippen LogP) is 6.17. The molecule has 1 amide bonds. The number of H-pyrrole nitrogens is 1. The van der Waals surface area contributed by atoms with E-state index in [0.29, 0.717) is 24.2 Å². The number of aromatic amines is 1. The molecular weight excluding hydrogens is 613 g/mol. The van der Waals surface area contributed by atoms with Gasteiger partial charge in [0.2, 0.25) is 0 Å². The SMILES string of the molecule is O=C(NCc1cccc(-c2ccc(C3OC(CSc4ncn[nH]4)CC(c4ccc(CO)cc4)O3)cc2)c1)c1cnc2ccccc2n1. The van der Waals surface area contributed by atoms with Gasteiger partial charge in [-0.3, -0.25) is 14.9 Å². The number of amides is 1. The average molecular weight is 645 g/mol. The molecule has 0 spiro atoms. The van der Waals surface area contributed by atoms with Crippen molar-refractivity contribution in [1.82, 2.24) is 30.5 Å². The first-order chi connectivity index (χ1) is 23.1. The van der Waals surface area contributed by atoms with E-state index in [4.69, 9.17) is 9.47 Å². The van der Waals surface area contributed by atoms with Crippen LogP contribution in [-0.2, 0) is 22.6 Å². The third-order valence-electron chi connectivity index (χ3n) is 7.99. The summed E-state index contributed by atoms with van der Waals surface area (Å²) in [6, 6.07) is 31.6. The van der Waals surface area contributed by atoms with Crippen LogP contribution in [0.5, 0.6) is 0 Å². The Morgan fingerprint density at radius 1 is 0.872 bits per heavy atom. The molecule has 2 aromatic heterocycles. The van der Waals surface area contributed by atoms with Crippen molar-refractivity contribution in [2.75, 3.05) is 5.75 Å². The Labute approximate surface area is 275 Å². The van der Waals surface area contributed by atoms with Gasteiger partial charge in [-0.05, 0) is 46.0 Å². The van der Waals surface area contributed by atoms with Gasteiger partial charge in [0.1, 0.15) is 12.0 Å². The lowest BCUT2D eigenvalue weighted by Gasteiger charge is -2.36. The monoisotopic (exact) mass is 644 g/mol. The zero-order valence-corrected chi connectivity index (χ0v) is 26.1. The number of aromatic nitrogens is 5. The molecule has 6 aromatic rings. The number of hydrogen-bond donors (Lipinski definition) is 3. The van der Waals surface area contributed by atoms with Crippen LogP contribution in [0.15, 0.2) is 115 Å². The molecule has 10 nitrogen and oxygen atoms in total. The first-order valence-corrected chi connectivity index (χ1v) is 16.3. The van der Waals surface area contributed by atoms with Crippen molar-refractivity contribution in [3.8, 4) is 11.1 Å². The highest BCUT2D eigenvalue weighted by atomic mass is 32.2. The third-order valence-corrected chi connectivity index (χ3v) is 9.00. The van der Waals surface area contributed by atoms with Gasteiger partial charge in [0.25, 0.3) is 5.91 Å². The summed E-state index contributed by atoms with van der Waals surface area (Å²) in [6.45, 7) is 0.357. The lowest BCUT2D eigenvalue weighted by molar-refractivity contribution is -0.245. The first kappa shape index (κ1) is 30.7. The van der Waals surface area contributed by atoms with Crippen molar-refractivity contribution in [3.63, 3.8) is 0 Å². The van der Waals surface area contributed by atoms with Crippen molar-refractivity contribution in [3.05, 3.63) is 138 Å². The summed E-state index contributed by atoms with van der Waals surface area (Å²) >= 11 is 1.56. The number of hydrogen-bond acceptors (Lipinski definition) is 9. The maximum atomic E-state index is 12.8. The predicted molar refractivity (Wildman–Crippen MR) is 178 cm³/mol. The van der Waals surface area contributed by atoms with E-state index >= 15 is 0 Å². The smallest absolute Gasteiger partial charge is 0.271 e. The molecule has 1 aliphatic heterocycles. The van der Waals surface area contributed by atoms with Gasteiger partial charge in [-0.15, -0.1) is 0 Å². The number of ether oxygens (including phenoxy) is 2. The summed E-state index contributed by atoms with van der Waals surface area (Å²) in [4.78, 5) is 25.8. The van der Waals surface area contributed by atoms with Gasteiger partial charge in [0.05, 0.1) is 36.0 Å². The zero-order chi connectivity index (χ0) is 32.0. The Balaban J connectivity index is 1.03. The van der Waals surface area contributed by atoms with Crippen LogP contribution < -0.4 is 5.32 Å². The number of nitrogens with one attached hydrogen (secondary N) is 2. The summed E-state index contributed by atoms with van der Waals surface area (Å²) in [5.74, 6) is 0.417. The topological polar surface area (TPSA) is 135 Å². The van der Waals surface area contributed by atoms with Gasteiger partial charge in [0.15, 0.2) is 11.4 Å². The van der Waals surface area contributed by atoms with E-state index in [1.807, 2.05) is 78.9 Å². The molecule has 47 heavy (non-hydrogen) atoms. The molecule has 3 unspecified atom stereocenters. The fraction of sp³-hybridized carbons (Fsp3) is 0.194. The molecule has 0 saturated carbocycles. The van der Waals surface area contributed by atoms with Crippen molar-refractivity contribution in [2.45, 2.75) is 43.2 Å². The molecule has 7 rings (SSSR count). The third kappa shape index (κ3) is 7.39. The maximum Gasteiger partial charge on any atom is 0.271 e. The number of aliphatic hydroxyl groups excluding tert-OH is 1. The van der Waals surface area contributed by atoms with E-state index in [1.54, 1.807) is 11.8 Å². The van der Waals surface area contributed by atoms with Crippen LogP contribution in [-0.4, -0.2) is 48.0 Å². The summed E-state index contributed by atoms with van der Waals surface area (Å²) in [6.07, 6.45) is 2.87. The molecule has 4 aromatic carbocycles. The van der Waals surface area contributed by atoms with Gasteiger partial charge in [-0.25, -0.2) is 9.97 Å². The molecule has 1 aliphatic rings.